The molecule has 0 aliphatic carbocycles. The van der Waals surface area contributed by atoms with E-state index < -0.39 is 31.2 Å². The summed E-state index contributed by atoms with van der Waals surface area (Å²) in [7, 11) is -15.5. The van der Waals surface area contributed by atoms with Gasteiger partial charge in [0.05, 0.1) is 0 Å². The van der Waals surface area contributed by atoms with E-state index in [1.54, 1.807) is 0 Å². The molecule has 0 aromatic rings. The average Bonchev–Trinajstić information content (AvgIpc) is 1.41. The van der Waals surface area contributed by atoms with E-state index in [-0.39, 0.29) is 133 Å². The van der Waals surface area contributed by atoms with Crippen LogP contribution in [0.5, 0.6) is 0 Å². The Kier molecular flexibility index (Phi) is 922. The minimum absolute atomic E-state index is 0. The van der Waals surface area contributed by atoms with Crippen LogP contribution in [-0.2, 0) is 31.2 Å². The molecular formula is H36Al2O30S3. The molecule has 240 valence electrons. The van der Waals surface area contributed by atoms with Crippen molar-refractivity contribution < 1.29 is 151 Å². The van der Waals surface area contributed by atoms with Crippen LogP contribution in [0.4, 0.5) is 0 Å². The van der Waals surface area contributed by atoms with Gasteiger partial charge in [0.15, 0.2) is 0 Å². The standard InChI is InChI=1S/2Al.3H2O4S.18H2O/c;;3*1-5(2,3)4;;;;;;;;;;;;;;;;;;/h;;3*(H2,1,2,3,4);18*1H2/q2*+3;;;;;;;;;;;;;;;;;;;;;/p-6. The molecule has 0 saturated carbocycles. The van der Waals surface area contributed by atoms with Crippen LogP contribution >= 0.6 is 0 Å². The Morgan fingerprint density at radius 2 is 0.229 bits per heavy atom. The summed E-state index contributed by atoms with van der Waals surface area (Å²) >= 11 is 0. The molecule has 0 rings (SSSR count). The molecule has 0 amide bonds. The first-order valence-electron chi connectivity index (χ1n) is 2.00. The summed E-state index contributed by atoms with van der Waals surface area (Å²) in [6.07, 6.45) is 0. The minimum Gasteiger partial charge on any atom is -0.759 e. The molecule has 0 aromatic heterocycles. The zero-order valence-electron chi connectivity index (χ0n) is 16.3. The van der Waals surface area contributed by atoms with Gasteiger partial charge in [-0.2, -0.15) is 0 Å². The molecule has 0 saturated heterocycles. The third-order valence-corrected chi connectivity index (χ3v) is 0. The normalized spacial score (nSPS) is 4.97. The maximum Gasteiger partial charge on any atom is 3.00 e. The second kappa shape index (κ2) is 114. The van der Waals surface area contributed by atoms with E-state index in [1.165, 1.54) is 0 Å². The van der Waals surface area contributed by atoms with E-state index in [0.717, 1.165) is 0 Å². The van der Waals surface area contributed by atoms with E-state index in [1.807, 2.05) is 0 Å². The molecule has 0 atom stereocenters. The fourth-order valence-corrected chi connectivity index (χ4v) is 0. The summed E-state index contributed by atoms with van der Waals surface area (Å²) in [5.74, 6) is 0. The molecule has 0 radical (unpaired) electrons. The molecule has 36 N–H and O–H groups in total. The van der Waals surface area contributed by atoms with E-state index >= 15 is 0 Å². The fraction of sp³-hybridized carbons (Fsp3) is 0. The van der Waals surface area contributed by atoms with E-state index in [2.05, 4.69) is 0 Å². The fourth-order valence-electron chi connectivity index (χ4n) is 0. The van der Waals surface area contributed by atoms with Gasteiger partial charge in [-0.3, -0.25) is 25.3 Å². The first kappa shape index (κ1) is 282. The molecule has 0 aliphatic rings. The molecule has 0 aromatic carbocycles. The average molecular weight is 666 g/mol. The van der Waals surface area contributed by atoms with Gasteiger partial charge in [-0.1, -0.05) is 0 Å². The van der Waals surface area contributed by atoms with Gasteiger partial charge in [0, 0.05) is 31.2 Å². The Labute approximate surface area is 217 Å². The van der Waals surface area contributed by atoms with Crippen molar-refractivity contribution >= 4 is 65.9 Å². The minimum atomic E-state index is -5.17. The molecule has 35 heavy (non-hydrogen) atoms. The number of hydrogen-bond acceptors (Lipinski definition) is 12. The monoisotopic (exact) mass is 666 g/mol. The van der Waals surface area contributed by atoms with Gasteiger partial charge in [0.1, 0.15) is 0 Å². The Bertz CT molecular complexity index is 347. The molecular weight excluding hydrogens is 630 g/mol. The van der Waals surface area contributed by atoms with Gasteiger partial charge >= 0.3 is 34.7 Å². The largest absolute Gasteiger partial charge is 3.00 e. The van der Waals surface area contributed by atoms with Crippen LogP contribution < -0.4 is 0 Å². The predicted octanol–water partition coefficient (Wildman–Crippen LogP) is -19.6. The van der Waals surface area contributed by atoms with Gasteiger partial charge in [-0.25, -0.2) is 0 Å². The molecule has 0 unspecified atom stereocenters. The van der Waals surface area contributed by atoms with E-state index in [9.17, 15) is 0 Å². The van der Waals surface area contributed by atoms with Crippen molar-refractivity contribution in [2.24, 2.45) is 0 Å². The van der Waals surface area contributed by atoms with Crippen molar-refractivity contribution in [3.05, 3.63) is 0 Å². The van der Waals surface area contributed by atoms with Gasteiger partial charge in [0.2, 0.25) is 0 Å². The van der Waals surface area contributed by atoms with Crippen molar-refractivity contribution in [2.75, 3.05) is 0 Å². The molecule has 30 nitrogen and oxygen atoms in total. The van der Waals surface area contributed by atoms with Crippen LogP contribution in [0.25, 0.3) is 0 Å². The number of rotatable bonds is 0. The molecule has 0 aliphatic heterocycles. The third kappa shape index (κ3) is 17100000. The SMILES string of the molecule is O.O.O.O.O.O.O.O.O.O.O.O.O.O.O.O.O.O.O=S(=O)([O-])[O-].O=S(=O)([O-])[O-].O=S(=O)([O-])[O-].[Al+3].[Al+3]. The quantitative estimate of drug-likeness (QED) is 0.132. The van der Waals surface area contributed by atoms with Gasteiger partial charge in [0.25, 0.3) is 0 Å². The van der Waals surface area contributed by atoms with Crippen molar-refractivity contribution in [2.45, 2.75) is 0 Å². The van der Waals surface area contributed by atoms with Crippen LogP contribution in [0.2, 0.25) is 0 Å². The second-order valence-electron chi connectivity index (χ2n) is 1.22. The molecule has 0 fully saturated rings. The summed E-state index contributed by atoms with van der Waals surface area (Å²) in [4.78, 5) is 0. The van der Waals surface area contributed by atoms with E-state index in [4.69, 9.17) is 52.6 Å². The summed E-state index contributed by atoms with van der Waals surface area (Å²) < 4.78 is 102. The van der Waals surface area contributed by atoms with Crippen LogP contribution in [0.15, 0.2) is 0 Å². The summed E-state index contributed by atoms with van der Waals surface area (Å²) in [5.41, 5.74) is 0. The van der Waals surface area contributed by atoms with Gasteiger partial charge in [-0.15, -0.1) is 0 Å². The Morgan fingerprint density at radius 1 is 0.229 bits per heavy atom. The topological polar surface area (TPSA) is 808 Å². The van der Waals surface area contributed by atoms with Crippen LogP contribution in [0, 0.1) is 0 Å². The Morgan fingerprint density at radius 3 is 0.229 bits per heavy atom. The Balaban J connectivity index is -0.00000000229. The van der Waals surface area contributed by atoms with E-state index in [0.29, 0.717) is 0 Å². The number of hydrogen-bond donors (Lipinski definition) is 0. The van der Waals surface area contributed by atoms with Crippen molar-refractivity contribution in [1.82, 2.24) is 0 Å². The third-order valence-electron chi connectivity index (χ3n) is 0. The summed E-state index contributed by atoms with van der Waals surface area (Å²) in [6, 6.07) is 0. The zero-order chi connectivity index (χ0) is 13.5. The first-order valence-corrected chi connectivity index (χ1v) is 6.00. The maximum absolute atomic E-state index is 8.52. The molecule has 0 bridgehead atoms. The maximum atomic E-state index is 8.52. The zero-order valence-corrected chi connectivity index (χ0v) is 21.0. The predicted molar refractivity (Wildman–Crippen MR) is 108 cm³/mol. The smallest absolute Gasteiger partial charge is 0.759 e. The Hall–Kier alpha value is -0.0451. The van der Waals surface area contributed by atoms with Crippen molar-refractivity contribution in [3.8, 4) is 0 Å². The van der Waals surface area contributed by atoms with Crippen LogP contribution in [0.3, 0.4) is 0 Å². The van der Waals surface area contributed by atoms with Crippen molar-refractivity contribution in [1.29, 1.82) is 0 Å². The summed E-state index contributed by atoms with van der Waals surface area (Å²) in [5, 5.41) is 0. The second-order valence-corrected chi connectivity index (χ2v) is 3.67. The molecule has 0 spiro atoms. The van der Waals surface area contributed by atoms with Gasteiger partial charge in [-0.05, 0) is 0 Å². The van der Waals surface area contributed by atoms with Crippen LogP contribution in [0.1, 0.15) is 0 Å². The molecule has 35 heteroatoms. The van der Waals surface area contributed by atoms with Gasteiger partial charge < -0.3 is 126 Å². The van der Waals surface area contributed by atoms with Crippen molar-refractivity contribution in [3.63, 3.8) is 0 Å². The first-order chi connectivity index (χ1) is 6.00. The molecule has 0 heterocycles. The summed E-state index contributed by atoms with van der Waals surface area (Å²) in [6.45, 7) is 0. The van der Waals surface area contributed by atoms with Crippen LogP contribution in [-0.4, -0.2) is 186 Å².